The smallest absolute Gasteiger partial charge is 0.259 e. The third kappa shape index (κ3) is 6.21. The average molecular weight is 425 g/mol. The second kappa shape index (κ2) is 11.0. The molecule has 0 spiro atoms. The van der Waals surface area contributed by atoms with Crippen molar-refractivity contribution in [3.63, 3.8) is 0 Å². The Morgan fingerprint density at radius 2 is 1.74 bits per heavy atom. The number of nitrogens with one attached hydrogen (secondary N) is 2. The van der Waals surface area contributed by atoms with E-state index in [0.29, 0.717) is 17.1 Å². The number of rotatable bonds is 10. The Labute approximate surface area is 182 Å². The SMILES string of the molecule is CCCN(CCC)c1ccc(/C=N/NC(=O)CNC(=O)c2ccc3c(c2)OCO3)cc1. The summed E-state index contributed by atoms with van der Waals surface area (Å²) >= 11 is 0. The number of carbonyl (C=O) groups excluding carboxylic acids is 2. The predicted octanol–water partition coefficient (Wildman–Crippen LogP) is 2.92. The summed E-state index contributed by atoms with van der Waals surface area (Å²) in [4.78, 5) is 26.5. The van der Waals surface area contributed by atoms with Gasteiger partial charge in [-0.3, -0.25) is 9.59 Å². The lowest BCUT2D eigenvalue weighted by molar-refractivity contribution is -0.120. The second-order valence-corrected chi connectivity index (χ2v) is 7.12. The van der Waals surface area contributed by atoms with E-state index in [2.05, 4.69) is 46.7 Å². The van der Waals surface area contributed by atoms with Crippen molar-refractivity contribution < 1.29 is 19.1 Å². The van der Waals surface area contributed by atoms with Crippen molar-refractivity contribution in [1.82, 2.24) is 10.7 Å². The van der Waals surface area contributed by atoms with Gasteiger partial charge in [-0.15, -0.1) is 0 Å². The molecule has 0 saturated heterocycles. The van der Waals surface area contributed by atoms with Crippen LogP contribution >= 0.6 is 0 Å². The predicted molar refractivity (Wildman–Crippen MR) is 120 cm³/mol. The lowest BCUT2D eigenvalue weighted by Crippen LogP contribution is -2.34. The van der Waals surface area contributed by atoms with Crippen LogP contribution in [0.2, 0.25) is 0 Å². The highest BCUT2D eigenvalue weighted by Crippen LogP contribution is 2.32. The number of hydrogen-bond donors (Lipinski definition) is 2. The van der Waals surface area contributed by atoms with Gasteiger partial charge in [-0.1, -0.05) is 26.0 Å². The first kappa shape index (κ1) is 22.1. The standard InChI is InChI=1S/C23H28N4O4/c1-3-11-27(12-4-2)19-8-5-17(6-9-19)14-25-26-22(28)15-24-23(29)18-7-10-20-21(13-18)31-16-30-20/h5-10,13-14H,3-4,11-12,15-16H2,1-2H3,(H,24,29)(H,26,28)/b25-14+. The molecular weight excluding hydrogens is 396 g/mol. The molecule has 1 aliphatic heterocycles. The van der Waals surface area contributed by atoms with E-state index < -0.39 is 5.91 Å². The fraction of sp³-hybridized carbons (Fsp3) is 0.348. The van der Waals surface area contributed by atoms with Gasteiger partial charge >= 0.3 is 0 Å². The quantitative estimate of drug-likeness (QED) is 0.452. The monoisotopic (exact) mass is 424 g/mol. The van der Waals surface area contributed by atoms with E-state index in [9.17, 15) is 9.59 Å². The van der Waals surface area contributed by atoms with Crippen LogP contribution in [0.4, 0.5) is 5.69 Å². The number of nitrogens with zero attached hydrogens (tertiary/aromatic N) is 2. The molecule has 1 aliphatic rings. The minimum atomic E-state index is -0.418. The van der Waals surface area contributed by atoms with E-state index in [4.69, 9.17) is 9.47 Å². The van der Waals surface area contributed by atoms with Crippen LogP contribution in [0.3, 0.4) is 0 Å². The molecule has 0 unspecified atom stereocenters. The number of hydrazone groups is 1. The van der Waals surface area contributed by atoms with Crippen LogP contribution in [0.5, 0.6) is 11.5 Å². The maximum absolute atomic E-state index is 12.2. The molecule has 0 aliphatic carbocycles. The van der Waals surface area contributed by atoms with Crippen LogP contribution in [0.15, 0.2) is 47.6 Å². The molecular formula is C23H28N4O4. The Morgan fingerprint density at radius 1 is 1.03 bits per heavy atom. The fourth-order valence-electron chi connectivity index (χ4n) is 3.20. The number of anilines is 1. The van der Waals surface area contributed by atoms with Gasteiger partial charge in [-0.05, 0) is 48.7 Å². The molecule has 2 amide bonds. The molecule has 0 radical (unpaired) electrons. The molecule has 0 fully saturated rings. The number of hydrogen-bond acceptors (Lipinski definition) is 6. The van der Waals surface area contributed by atoms with E-state index in [1.807, 2.05) is 12.1 Å². The summed E-state index contributed by atoms with van der Waals surface area (Å²) in [5.74, 6) is 0.316. The van der Waals surface area contributed by atoms with E-state index in [-0.39, 0.29) is 19.2 Å². The van der Waals surface area contributed by atoms with Crippen molar-refractivity contribution in [3.8, 4) is 11.5 Å². The van der Waals surface area contributed by atoms with Crippen LogP contribution in [0.25, 0.3) is 0 Å². The van der Waals surface area contributed by atoms with Gasteiger partial charge in [0.05, 0.1) is 12.8 Å². The molecule has 3 rings (SSSR count). The third-order valence-corrected chi connectivity index (χ3v) is 4.69. The first-order valence-corrected chi connectivity index (χ1v) is 10.5. The first-order chi connectivity index (χ1) is 15.1. The summed E-state index contributed by atoms with van der Waals surface area (Å²) in [6.45, 7) is 6.34. The van der Waals surface area contributed by atoms with Crippen LogP contribution in [0, 0.1) is 0 Å². The summed E-state index contributed by atoms with van der Waals surface area (Å²) < 4.78 is 10.5. The van der Waals surface area contributed by atoms with Crippen molar-refractivity contribution in [2.45, 2.75) is 26.7 Å². The van der Waals surface area contributed by atoms with E-state index >= 15 is 0 Å². The molecule has 8 heteroatoms. The Balaban J connectivity index is 1.45. The highest BCUT2D eigenvalue weighted by Gasteiger charge is 2.16. The Hall–Kier alpha value is -3.55. The number of carbonyl (C=O) groups is 2. The fourth-order valence-corrected chi connectivity index (χ4v) is 3.20. The summed E-state index contributed by atoms with van der Waals surface area (Å²) in [7, 11) is 0. The maximum Gasteiger partial charge on any atom is 0.259 e. The van der Waals surface area contributed by atoms with Crippen molar-refractivity contribution in [1.29, 1.82) is 0 Å². The average Bonchev–Trinajstić information content (AvgIpc) is 3.26. The van der Waals surface area contributed by atoms with E-state index in [1.165, 1.54) is 5.69 Å². The largest absolute Gasteiger partial charge is 0.454 e. The molecule has 2 aromatic rings. The number of benzene rings is 2. The lowest BCUT2D eigenvalue weighted by Gasteiger charge is -2.23. The number of amides is 2. The molecule has 0 saturated carbocycles. The molecule has 2 aromatic carbocycles. The van der Waals surface area contributed by atoms with Crippen molar-refractivity contribution in [3.05, 3.63) is 53.6 Å². The lowest BCUT2D eigenvalue weighted by atomic mass is 10.2. The molecule has 0 atom stereocenters. The van der Waals surface area contributed by atoms with Gasteiger partial charge in [0.1, 0.15) is 0 Å². The van der Waals surface area contributed by atoms with Crippen LogP contribution < -0.4 is 25.1 Å². The molecule has 1 heterocycles. The van der Waals surface area contributed by atoms with Crippen molar-refractivity contribution in [2.24, 2.45) is 5.10 Å². The van der Waals surface area contributed by atoms with Crippen LogP contribution in [-0.4, -0.2) is 44.5 Å². The zero-order valence-electron chi connectivity index (χ0n) is 17.9. The van der Waals surface area contributed by atoms with Gasteiger partial charge in [0, 0.05) is 24.3 Å². The summed E-state index contributed by atoms with van der Waals surface area (Å²) in [5, 5.41) is 6.52. The van der Waals surface area contributed by atoms with Gasteiger partial charge in [0.15, 0.2) is 11.5 Å². The maximum atomic E-state index is 12.2. The Morgan fingerprint density at radius 3 is 2.45 bits per heavy atom. The van der Waals surface area contributed by atoms with E-state index in [0.717, 1.165) is 31.5 Å². The van der Waals surface area contributed by atoms with Gasteiger partial charge in [-0.25, -0.2) is 5.43 Å². The van der Waals surface area contributed by atoms with Crippen molar-refractivity contribution in [2.75, 3.05) is 31.3 Å². The van der Waals surface area contributed by atoms with Gasteiger partial charge in [0.2, 0.25) is 6.79 Å². The zero-order chi connectivity index (χ0) is 22.1. The van der Waals surface area contributed by atoms with Gasteiger partial charge in [-0.2, -0.15) is 5.10 Å². The normalized spacial score (nSPS) is 12.1. The molecule has 2 N–H and O–H groups in total. The van der Waals surface area contributed by atoms with Crippen molar-refractivity contribution >= 4 is 23.7 Å². The minimum absolute atomic E-state index is 0.138. The first-order valence-electron chi connectivity index (χ1n) is 10.5. The molecule has 8 nitrogen and oxygen atoms in total. The van der Waals surface area contributed by atoms with Crippen LogP contribution in [0.1, 0.15) is 42.6 Å². The van der Waals surface area contributed by atoms with Crippen LogP contribution in [-0.2, 0) is 4.79 Å². The van der Waals surface area contributed by atoms with Gasteiger partial charge in [0.25, 0.3) is 11.8 Å². The summed E-state index contributed by atoms with van der Waals surface area (Å²) in [6, 6.07) is 12.9. The summed E-state index contributed by atoms with van der Waals surface area (Å²) in [5.41, 5.74) is 4.86. The zero-order valence-corrected chi connectivity index (χ0v) is 17.9. The second-order valence-electron chi connectivity index (χ2n) is 7.12. The molecule has 0 bridgehead atoms. The number of fused-ring (bicyclic) bond motifs is 1. The molecule has 0 aromatic heterocycles. The Kier molecular flexibility index (Phi) is 7.86. The number of ether oxygens (including phenoxy) is 2. The molecule has 164 valence electrons. The highest BCUT2D eigenvalue weighted by molar-refractivity contribution is 5.97. The minimum Gasteiger partial charge on any atom is -0.454 e. The molecule has 31 heavy (non-hydrogen) atoms. The highest BCUT2D eigenvalue weighted by atomic mass is 16.7. The van der Waals surface area contributed by atoms with Gasteiger partial charge < -0.3 is 19.7 Å². The summed E-state index contributed by atoms with van der Waals surface area (Å²) in [6.07, 6.45) is 3.77. The third-order valence-electron chi connectivity index (χ3n) is 4.69. The topological polar surface area (TPSA) is 92.3 Å². The Bertz CT molecular complexity index is 922. The van der Waals surface area contributed by atoms with E-state index in [1.54, 1.807) is 24.4 Å².